The first-order valence-electron chi connectivity index (χ1n) is 5.71. The number of halogens is 2. The molecular formula is C13H15Cl2N3. The number of hydrogen-bond donors (Lipinski definition) is 0. The standard InChI is InChI=1S/C13H15Cl2N3/c1-13(2,3)11-16-17-12(15)18(11)8-9-4-6-10(14)7-5-9/h4-7H,8H2,1-3H3. The van der Waals surface area contributed by atoms with Crippen molar-refractivity contribution in [2.75, 3.05) is 0 Å². The Hall–Kier alpha value is -1.06. The van der Waals surface area contributed by atoms with Gasteiger partial charge < -0.3 is 0 Å². The highest BCUT2D eigenvalue weighted by Crippen LogP contribution is 2.24. The summed E-state index contributed by atoms with van der Waals surface area (Å²) in [6.07, 6.45) is 0. The Labute approximate surface area is 117 Å². The lowest BCUT2D eigenvalue weighted by Crippen LogP contribution is -2.19. The maximum absolute atomic E-state index is 6.10. The summed E-state index contributed by atoms with van der Waals surface area (Å²) in [4.78, 5) is 0. The molecule has 96 valence electrons. The Kier molecular flexibility index (Phi) is 3.64. The largest absolute Gasteiger partial charge is 0.297 e. The lowest BCUT2D eigenvalue weighted by atomic mass is 9.95. The van der Waals surface area contributed by atoms with Gasteiger partial charge >= 0.3 is 0 Å². The fourth-order valence-electron chi connectivity index (χ4n) is 1.75. The topological polar surface area (TPSA) is 30.7 Å². The highest BCUT2D eigenvalue weighted by molar-refractivity contribution is 6.30. The van der Waals surface area contributed by atoms with E-state index in [-0.39, 0.29) is 5.41 Å². The number of rotatable bonds is 2. The van der Waals surface area contributed by atoms with Crippen molar-refractivity contribution in [1.29, 1.82) is 0 Å². The minimum Gasteiger partial charge on any atom is -0.297 e. The van der Waals surface area contributed by atoms with Gasteiger partial charge in [0.1, 0.15) is 5.82 Å². The van der Waals surface area contributed by atoms with Crippen LogP contribution in [0, 0.1) is 0 Å². The molecule has 0 N–H and O–H groups in total. The van der Waals surface area contributed by atoms with Crippen LogP contribution in [0.2, 0.25) is 10.3 Å². The molecule has 0 unspecified atom stereocenters. The van der Waals surface area contributed by atoms with Gasteiger partial charge in [-0.2, -0.15) is 0 Å². The molecule has 0 radical (unpaired) electrons. The molecule has 1 heterocycles. The summed E-state index contributed by atoms with van der Waals surface area (Å²) < 4.78 is 1.92. The lowest BCUT2D eigenvalue weighted by molar-refractivity contribution is 0.510. The summed E-state index contributed by atoms with van der Waals surface area (Å²) in [7, 11) is 0. The van der Waals surface area contributed by atoms with Gasteiger partial charge in [-0.05, 0) is 29.3 Å². The van der Waals surface area contributed by atoms with Crippen LogP contribution in [-0.4, -0.2) is 14.8 Å². The fourth-order valence-corrected chi connectivity index (χ4v) is 2.05. The zero-order valence-electron chi connectivity index (χ0n) is 10.6. The second-order valence-corrected chi connectivity index (χ2v) is 6.03. The maximum atomic E-state index is 6.10. The minimum absolute atomic E-state index is 0.0907. The first-order valence-corrected chi connectivity index (χ1v) is 6.47. The van der Waals surface area contributed by atoms with E-state index in [1.165, 1.54) is 0 Å². The second kappa shape index (κ2) is 4.90. The van der Waals surface area contributed by atoms with E-state index in [4.69, 9.17) is 23.2 Å². The Morgan fingerprint density at radius 2 is 1.67 bits per heavy atom. The van der Waals surface area contributed by atoms with Gasteiger partial charge in [0.15, 0.2) is 0 Å². The highest BCUT2D eigenvalue weighted by atomic mass is 35.5. The van der Waals surface area contributed by atoms with Gasteiger partial charge in [0.2, 0.25) is 5.28 Å². The SMILES string of the molecule is CC(C)(C)c1nnc(Cl)n1Cc1ccc(Cl)cc1. The van der Waals surface area contributed by atoms with Crippen LogP contribution in [0.3, 0.4) is 0 Å². The van der Waals surface area contributed by atoms with E-state index in [1.807, 2.05) is 28.8 Å². The van der Waals surface area contributed by atoms with Crippen LogP contribution in [0.25, 0.3) is 0 Å². The van der Waals surface area contributed by atoms with Gasteiger partial charge in [0.25, 0.3) is 0 Å². The average molecular weight is 284 g/mol. The Bertz CT molecular complexity index is 538. The molecule has 2 rings (SSSR count). The summed E-state index contributed by atoms with van der Waals surface area (Å²) in [6, 6.07) is 7.69. The van der Waals surface area contributed by atoms with E-state index in [2.05, 4.69) is 31.0 Å². The van der Waals surface area contributed by atoms with Crippen molar-refractivity contribution in [3.63, 3.8) is 0 Å². The molecule has 2 aromatic rings. The zero-order valence-corrected chi connectivity index (χ0v) is 12.1. The lowest BCUT2D eigenvalue weighted by Gasteiger charge is -2.19. The van der Waals surface area contributed by atoms with Crippen molar-refractivity contribution in [3.8, 4) is 0 Å². The molecular weight excluding hydrogens is 269 g/mol. The van der Waals surface area contributed by atoms with Crippen molar-refractivity contribution >= 4 is 23.2 Å². The van der Waals surface area contributed by atoms with E-state index in [0.29, 0.717) is 11.8 Å². The third-order valence-corrected chi connectivity index (χ3v) is 3.16. The van der Waals surface area contributed by atoms with Crippen LogP contribution >= 0.6 is 23.2 Å². The van der Waals surface area contributed by atoms with Gasteiger partial charge in [-0.3, -0.25) is 4.57 Å². The fraction of sp³-hybridized carbons (Fsp3) is 0.385. The monoisotopic (exact) mass is 283 g/mol. The zero-order chi connectivity index (χ0) is 13.3. The molecule has 5 heteroatoms. The molecule has 0 fully saturated rings. The van der Waals surface area contributed by atoms with Crippen LogP contribution in [0.4, 0.5) is 0 Å². The van der Waals surface area contributed by atoms with Crippen molar-refractivity contribution in [1.82, 2.24) is 14.8 Å². The highest BCUT2D eigenvalue weighted by Gasteiger charge is 2.23. The number of hydrogen-bond acceptors (Lipinski definition) is 2. The quantitative estimate of drug-likeness (QED) is 0.836. The van der Waals surface area contributed by atoms with Crippen molar-refractivity contribution in [2.24, 2.45) is 0 Å². The van der Waals surface area contributed by atoms with Gasteiger partial charge in [-0.15, -0.1) is 10.2 Å². The van der Waals surface area contributed by atoms with Crippen LogP contribution in [0.5, 0.6) is 0 Å². The summed E-state index contributed by atoms with van der Waals surface area (Å²) >= 11 is 12.0. The van der Waals surface area contributed by atoms with E-state index >= 15 is 0 Å². The summed E-state index contributed by atoms with van der Waals surface area (Å²) in [5.41, 5.74) is 1.03. The van der Waals surface area contributed by atoms with Crippen molar-refractivity contribution in [3.05, 3.63) is 46.0 Å². The Morgan fingerprint density at radius 3 is 2.22 bits per heavy atom. The van der Waals surface area contributed by atoms with Gasteiger partial charge in [0.05, 0.1) is 6.54 Å². The Balaban J connectivity index is 2.34. The molecule has 0 amide bonds. The molecule has 18 heavy (non-hydrogen) atoms. The summed E-state index contributed by atoms with van der Waals surface area (Å²) in [5.74, 6) is 0.877. The molecule has 1 aromatic carbocycles. The molecule has 0 aliphatic rings. The predicted octanol–water partition coefficient (Wildman–Crippen LogP) is 3.93. The van der Waals surface area contributed by atoms with Crippen LogP contribution in [0.15, 0.2) is 24.3 Å². The van der Waals surface area contributed by atoms with Crippen LogP contribution < -0.4 is 0 Å². The molecule has 0 saturated heterocycles. The first kappa shape index (κ1) is 13.4. The molecule has 0 bridgehead atoms. The third-order valence-electron chi connectivity index (χ3n) is 2.63. The van der Waals surface area contributed by atoms with E-state index in [0.717, 1.165) is 16.4 Å². The predicted molar refractivity (Wildman–Crippen MR) is 74.3 cm³/mol. The van der Waals surface area contributed by atoms with Crippen molar-refractivity contribution in [2.45, 2.75) is 32.7 Å². The smallest absolute Gasteiger partial charge is 0.225 e. The summed E-state index contributed by atoms with van der Waals surface area (Å²) in [5, 5.41) is 9.24. The average Bonchev–Trinajstić information content (AvgIpc) is 2.63. The number of aromatic nitrogens is 3. The van der Waals surface area contributed by atoms with Gasteiger partial charge in [-0.1, -0.05) is 44.5 Å². The third kappa shape index (κ3) is 2.85. The minimum atomic E-state index is -0.0907. The molecule has 3 nitrogen and oxygen atoms in total. The molecule has 0 aliphatic carbocycles. The normalized spacial score (nSPS) is 11.8. The summed E-state index contributed by atoms with van der Waals surface area (Å²) in [6.45, 7) is 6.92. The first-order chi connectivity index (χ1) is 8.38. The second-order valence-electron chi connectivity index (χ2n) is 5.26. The van der Waals surface area contributed by atoms with Crippen molar-refractivity contribution < 1.29 is 0 Å². The maximum Gasteiger partial charge on any atom is 0.225 e. The van der Waals surface area contributed by atoms with Crippen LogP contribution in [0.1, 0.15) is 32.2 Å². The van der Waals surface area contributed by atoms with Gasteiger partial charge in [0, 0.05) is 10.4 Å². The number of benzene rings is 1. The van der Waals surface area contributed by atoms with Gasteiger partial charge in [-0.25, -0.2) is 0 Å². The van der Waals surface area contributed by atoms with E-state index in [1.54, 1.807) is 0 Å². The molecule has 0 saturated carbocycles. The molecule has 0 spiro atoms. The molecule has 1 aromatic heterocycles. The van der Waals surface area contributed by atoms with E-state index in [9.17, 15) is 0 Å². The van der Waals surface area contributed by atoms with E-state index < -0.39 is 0 Å². The molecule has 0 aliphatic heterocycles. The number of nitrogens with zero attached hydrogens (tertiary/aromatic N) is 3. The molecule has 0 atom stereocenters. The Morgan fingerprint density at radius 1 is 1.06 bits per heavy atom. The van der Waals surface area contributed by atoms with Crippen LogP contribution in [-0.2, 0) is 12.0 Å².